The van der Waals surface area contributed by atoms with Gasteiger partial charge in [-0.1, -0.05) is 19.1 Å². The standard InChI is InChI=1S/C16H16N2OS/c1-3-16-17-12(10-20-16)9-18-11(2)8-15(19)13-6-4-5-7-14(13)18/h4-8,10H,3,9H2,1-2H3. The quantitative estimate of drug-likeness (QED) is 0.739. The SMILES string of the molecule is CCc1nc(Cn2c(C)cc(=O)c3ccccc32)cs1. The van der Waals surface area contributed by atoms with Gasteiger partial charge in [0.25, 0.3) is 0 Å². The fraction of sp³-hybridized carbons (Fsp3) is 0.250. The van der Waals surface area contributed by atoms with Gasteiger partial charge in [0.05, 0.1) is 22.8 Å². The lowest BCUT2D eigenvalue weighted by Crippen LogP contribution is -2.13. The van der Waals surface area contributed by atoms with Crippen LogP contribution in [-0.4, -0.2) is 9.55 Å². The average Bonchev–Trinajstić information content (AvgIpc) is 2.91. The molecule has 1 aromatic carbocycles. The highest BCUT2D eigenvalue weighted by molar-refractivity contribution is 7.09. The van der Waals surface area contributed by atoms with Gasteiger partial charge in [0.15, 0.2) is 5.43 Å². The van der Waals surface area contributed by atoms with Crippen molar-refractivity contribution in [3.05, 3.63) is 62.3 Å². The molecule has 0 bridgehead atoms. The monoisotopic (exact) mass is 284 g/mol. The van der Waals surface area contributed by atoms with Crippen LogP contribution in [0.1, 0.15) is 23.3 Å². The Morgan fingerprint density at radius 1 is 1.30 bits per heavy atom. The van der Waals surface area contributed by atoms with E-state index in [0.29, 0.717) is 6.54 Å². The van der Waals surface area contributed by atoms with Gasteiger partial charge in [0, 0.05) is 22.5 Å². The van der Waals surface area contributed by atoms with Gasteiger partial charge in [-0.25, -0.2) is 4.98 Å². The van der Waals surface area contributed by atoms with Crippen LogP contribution in [0.5, 0.6) is 0 Å². The third-order valence-electron chi connectivity index (χ3n) is 3.45. The van der Waals surface area contributed by atoms with Crippen molar-refractivity contribution in [2.45, 2.75) is 26.8 Å². The number of pyridine rings is 1. The van der Waals surface area contributed by atoms with E-state index >= 15 is 0 Å². The van der Waals surface area contributed by atoms with E-state index in [-0.39, 0.29) is 5.43 Å². The van der Waals surface area contributed by atoms with E-state index in [1.165, 1.54) is 0 Å². The zero-order valence-electron chi connectivity index (χ0n) is 11.6. The Labute approximate surface area is 121 Å². The summed E-state index contributed by atoms with van der Waals surface area (Å²) in [6.45, 7) is 4.80. The minimum absolute atomic E-state index is 0.0851. The van der Waals surface area contributed by atoms with Crippen molar-refractivity contribution < 1.29 is 0 Å². The van der Waals surface area contributed by atoms with E-state index < -0.39 is 0 Å². The van der Waals surface area contributed by atoms with Crippen LogP contribution in [-0.2, 0) is 13.0 Å². The van der Waals surface area contributed by atoms with Gasteiger partial charge in [0.2, 0.25) is 0 Å². The topological polar surface area (TPSA) is 34.9 Å². The maximum Gasteiger partial charge on any atom is 0.189 e. The molecule has 0 N–H and O–H groups in total. The van der Waals surface area contributed by atoms with E-state index in [1.807, 2.05) is 31.2 Å². The molecule has 0 atom stereocenters. The molecule has 0 saturated heterocycles. The Hall–Kier alpha value is -1.94. The van der Waals surface area contributed by atoms with E-state index in [4.69, 9.17) is 0 Å². The van der Waals surface area contributed by atoms with Crippen LogP contribution in [0.3, 0.4) is 0 Å². The van der Waals surface area contributed by atoms with Gasteiger partial charge in [-0.3, -0.25) is 4.79 Å². The Bertz CT molecular complexity index is 817. The molecule has 102 valence electrons. The fourth-order valence-corrected chi connectivity index (χ4v) is 3.14. The molecule has 0 amide bonds. The number of aromatic nitrogens is 2. The van der Waals surface area contributed by atoms with Crippen molar-refractivity contribution in [1.82, 2.24) is 9.55 Å². The van der Waals surface area contributed by atoms with Gasteiger partial charge in [-0.05, 0) is 25.5 Å². The number of thiazole rings is 1. The molecule has 0 aliphatic carbocycles. The maximum absolute atomic E-state index is 12.0. The molecule has 20 heavy (non-hydrogen) atoms. The molecule has 0 spiro atoms. The van der Waals surface area contributed by atoms with Crippen LogP contribution in [0.4, 0.5) is 0 Å². The first kappa shape index (κ1) is 13.1. The molecule has 2 heterocycles. The molecule has 3 nitrogen and oxygen atoms in total. The van der Waals surface area contributed by atoms with Crippen molar-refractivity contribution >= 4 is 22.2 Å². The minimum atomic E-state index is 0.0851. The second-order valence-electron chi connectivity index (χ2n) is 4.84. The summed E-state index contributed by atoms with van der Waals surface area (Å²) in [4.78, 5) is 16.6. The molecule has 0 fully saturated rings. The lowest BCUT2D eigenvalue weighted by Gasteiger charge is -2.13. The second kappa shape index (κ2) is 5.21. The number of nitrogens with zero attached hydrogens (tertiary/aromatic N) is 2. The number of fused-ring (bicyclic) bond motifs is 1. The Kier molecular flexibility index (Phi) is 3.40. The molecule has 0 unspecified atom stereocenters. The molecule has 0 aliphatic rings. The van der Waals surface area contributed by atoms with Crippen LogP contribution < -0.4 is 5.43 Å². The summed E-state index contributed by atoms with van der Waals surface area (Å²) in [5.74, 6) is 0. The number of aryl methyl sites for hydroxylation is 2. The van der Waals surface area contributed by atoms with Crippen molar-refractivity contribution in [3.8, 4) is 0 Å². The first-order valence-electron chi connectivity index (χ1n) is 6.71. The summed E-state index contributed by atoms with van der Waals surface area (Å²) in [5, 5.41) is 4.03. The highest BCUT2D eigenvalue weighted by atomic mass is 32.1. The maximum atomic E-state index is 12.0. The normalized spacial score (nSPS) is 11.1. The molecule has 0 aliphatic heterocycles. The first-order valence-corrected chi connectivity index (χ1v) is 7.59. The second-order valence-corrected chi connectivity index (χ2v) is 5.78. The van der Waals surface area contributed by atoms with E-state index in [2.05, 4.69) is 21.9 Å². The zero-order valence-corrected chi connectivity index (χ0v) is 12.4. The molecule has 0 radical (unpaired) electrons. The van der Waals surface area contributed by atoms with E-state index in [9.17, 15) is 4.79 Å². The number of benzene rings is 1. The molecular formula is C16H16N2OS. The summed E-state index contributed by atoms with van der Waals surface area (Å²) in [6.07, 6.45) is 0.967. The summed E-state index contributed by atoms with van der Waals surface area (Å²) in [7, 11) is 0. The number of hydrogen-bond donors (Lipinski definition) is 0. The Morgan fingerprint density at radius 2 is 2.10 bits per heavy atom. The molecular weight excluding hydrogens is 268 g/mol. The first-order chi connectivity index (χ1) is 9.69. The largest absolute Gasteiger partial charge is 0.339 e. The predicted molar refractivity (Wildman–Crippen MR) is 83.5 cm³/mol. The lowest BCUT2D eigenvalue weighted by molar-refractivity contribution is 0.770. The third-order valence-corrected chi connectivity index (χ3v) is 4.49. The highest BCUT2D eigenvalue weighted by Crippen LogP contribution is 2.17. The third kappa shape index (κ3) is 2.27. The van der Waals surface area contributed by atoms with Crippen LogP contribution >= 0.6 is 11.3 Å². The van der Waals surface area contributed by atoms with Gasteiger partial charge in [-0.15, -0.1) is 11.3 Å². The molecule has 3 rings (SSSR count). The van der Waals surface area contributed by atoms with Crippen molar-refractivity contribution in [2.75, 3.05) is 0 Å². The highest BCUT2D eigenvalue weighted by Gasteiger charge is 2.08. The van der Waals surface area contributed by atoms with E-state index in [0.717, 1.165) is 33.7 Å². The van der Waals surface area contributed by atoms with Crippen molar-refractivity contribution in [1.29, 1.82) is 0 Å². The summed E-state index contributed by atoms with van der Waals surface area (Å²) < 4.78 is 2.16. The molecule has 0 saturated carbocycles. The smallest absolute Gasteiger partial charge is 0.189 e. The number of hydrogen-bond acceptors (Lipinski definition) is 3. The summed E-state index contributed by atoms with van der Waals surface area (Å²) >= 11 is 1.70. The van der Waals surface area contributed by atoms with Gasteiger partial charge < -0.3 is 4.57 Å². The minimum Gasteiger partial charge on any atom is -0.339 e. The number of rotatable bonds is 3. The van der Waals surface area contributed by atoms with Crippen LogP contribution in [0, 0.1) is 6.92 Å². The fourth-order valence-electron chi connectivity index (χ4n) is 2.41. The van der Waals surface area contributed by atoms with Crippen LogP contribution in [0.25, 0.3) is 10.9 Å². The summed E-state index contributed by atoms with van der Waals surface area (Å²) in [5.41, 5.74) is 3.09. The molecule has 3 aromatic rings. The molecule has 4 heteroatoms. The summed E-state index contributed by atoms with van der Waals surface area (Å²) in [6, 6.07) is 9.45. The van der Waals surface area contributed by atoms with Crippen LogP contribution in [0.2, 0.25) is 0 Å². The Balaban J connectivity index is 2.13. The predicted octanol–water partition coefficient (Wildman–Crippen LogP) is 3.38. The van der Waals surface area contributed by atoms with Crippen LogP contribution in [0.15, 0.2) is 40.5 Å². The molecule has 2 aromatic heterocycles. The lowest BCUT2D eigenvalue weighted by atomic mass is 10.2. The van der Waals surface area contributed by atoms with Crippen molar-refractivity contribution in [3.63, 3.8) is 0 Å². The van der Waals surface area contributed by atoms with Gasteiger partial charge in [0.1, 0.15) is 0 Å². The van der Waals surface area contributed by atoms with Gasteiger partial charge in [-0.2, -0.15) is 0 Å². The van der Waals surface area contributed by atoms with Crippen molar-refractivity contribution in [2.24, 2.45) is 0 Å². The zero-order chi connectivity index (χ0) is 14.1. The van der Waals surface area contributed by atoms with Gasteiger partial charge >= 0.3 is 0 Å². The number of para-hydroxylation sites is 1. The average molecular weight is 284 g/mol. The Morgan fingerprint density at radius 3 is 2.85 bits per heavy atom. The van der Waals surface area contributed by atoms with E-state index in [1.54, 1.807) is 17.4 Å².